The van der Waals surface area contributed by atoms with E-state index in [1.807, 2.05) is 66.7 Å². The second-order valence-corrected chi connectivity index (χ2v) is 10.0. The lowest BCUT2D eigenvalue weighted by molar-refractivity contribution is 0.669. The predicted molar refractivity (Wildman–Crippen MR) is 175 cm³/mol. The van der Waals surface area contributed by atoms with Crippen molar-refractivity contribution in [2.45, 2.75) is 0 Å². The van der Waals surface area contributed by atoms with Gasteiger partial charge in [0.2, 0.25) is 0 Å². The van der Waals surface area contributed by atoms with Gasteiger partial charge in [-0.2, -0.15) is 0 Å². The molecule has 0 saturated heterocycles. The van der Waals surface area contributed by atoms with Crippen LogP contribution in [0, 0.1) is 0 Å². The zero-order chi connectivity index (χ0) is 36.5. The second kappa shape index (κ2) is 8.55. The molecule has 9 rings (SSSR count). The van der Waals surface area contributed by atoms with Crippen LogP contribution in [-0.2, 0) is 0 Å². The molecule has 0 aliphatic carbocycles. The molecule has 8 aromatic carbocycles. The summed E-state index contributed by atoms with van der Waals surface area (Å²) in [5.41, 5.74) is 3.72. The van der Waals surface area contributed by atoms with Crippen LogP contribution in [0.2, 0.25) is 0 Å². The molecule has 1 nitrogen and oxygen atoms in total. The lowest BCUT2D eigenvalue weighted by Gasteiger charge is -2.14. The van der Waals surface area contributed by atoms with Gasteiger partial charge in [0.15, 0.2) is 0 Å². The van der Waals surface area contributed by atoms with Gasteiger partial charge in [-0.3, -0.25) is 0 Å². The van der Waals surface area contributed by atoms with Gasteiger partial charge >= 0.3 is 0 Å². The molecule has 0 amide bonds. The van der Waals surface area contributed by atoms with Crippen LogP contribution >= 0.6 is 0 Å². The summed E-state index contributed by atoms with van der Waals surface area (Å²) in [6.07, 6.45) is 0. The second-order valence-electron chi connectivity index (χ2n) is 10.0. The van der Waals surface area contributed by atoms with E-state index in [0.29, 0.717) is 22.1 Å². The van der Waals surface area contributed by atoms with E-state index in [0.717, 1.165) is 27.3 Å². The van der Waals surface area contributed by atoms with Crippen LogP contribution in [0.15, 0.2) is 150 Å². The SMILES string of the molecule is [2H]c1c([2H])c([2H])c2c([2H])c3c(c([2H])c([2H])c4c([2H])c([2H])c([2H])c([2H])c43)c(-c3ccc4oc5ccc6cccc(-c7ccccc7)c6c5c4c3)c2c1[2H]. The van der Waals surface area contributed by atoms with Crippen molar-refractivity contribution in [3.63, 3.8) is 0 Å². The summed E-state index contributed by atoms with van der Waals surface area (Å²) in [4.78, 5) is 0. The third-order valence-corrected chi connectivity index (χ3v) is 7.79. The maximum Gasteiger partial charge on any atom is 0.136 e. The highest BCUT2D eigenvalue weighted by Gasteiger charge is 2.17. The first kappa shape index (κ1) is 14.3. The molecule has 0 atom stereocenters. The molecule has 0 spiro atoms. The number of rotatable bonds is 2. The number of hydrogen-bond acceptors (Lipinski definition) is 1. The molecule has 1 heterocycles. The van der Waals surface area contributed by atoms with Crippen molar-refractivity contribution >= 4 is 65.0 Å². The molecule has 0 aliphatic rings. The molecule has 1 aromatic heterocycles. The highest BCUT2D eigenvalue weighted by atomic mass is 16.3. The fourth-order valence-corrected chi connectivity index (χ4v) is 6.01. The summed E-state index contributed by atoms with van der Waals surface area (Å²) < 4.78 is 103. The minimum Gasteiger partial charge on any atom is -0.456 e. The van der Waals surface area contributed by atoms with Crippen LogP contribution in [-0.4, -0.2) is 0 Å². The van der Waals surface area contributed by atoms with E-state index in [9.17, 15) is 2.74 Å². The molecular formula is C40H24O. The minimum atomic E-state index is -0.585. The van der Waals surface area contributed by atoms with Gasteiger partial charge in [-0.15, -0.1) is 0 Å². The Morgan fingerprint density at radius 3 is 2.17 bits per heavy atom. The lowest BCUT2D eigenvalue weighted by Crippen LogP contribution is -1.87. The third-order valence-electron chi connectivity index (χ3n) is 7.79. The smallest absolute Gasteiger partial charge is 0.136 e. The van der Waals surface area contributed by atoms with Gasteiger partial charge in [-0.05, 0) is 84.2 Å². The zero-order valence-electron chi connectivity index (χ0n) is 32.4. The molecule has 0 saturated carbocycles. The Bertz CT molecular complexity index is 3080. The van der Waals surface area contributed by atoms with Crippen LogP contribution in [0.25, 0.3) is 87.3 Å². The first-order valence-corrected chi connectivity index (χ1v) is 13.2. The molecule has 0 radical (unpaired) electrons. The number of hydrogen-bond donors (Lipinski definition) is 0. The number of benzene rings is 8. The largest absolute Gasteiger partial charge is 0.456 e. The molecule has 0 unspecified atom stereocenters. The van der Waals surface area contributed by atoms with E-state index in [2.05, 4.69) is 0 Å². The Balaban J connectivity index is 1.53. The highest BCUT2D eigenvalue weighted by molar-refractivity contribution is 6.25. The number of furan rings is 1. The molecule has 41 heavy (non-hydrogen) atoms. The van der Waals surface area contributed by atoms with Crippen molar-refractivity contribution in [1.29, 1.82) is 0 Å². The van der Waals surface area contributed by atoms with E-state index in [4.69, 9.17) is 16.8 Å². The van der Waals surface area contributed by atoms with Gasteiger partial charge in [-0.1, -0.05) is 121 Å². The Hall–Kier alpha value is -5.40. The monoisotopic (exact) mass is 531 g/mol. The summed E-state index contributed by atoms with van der Waals surface area (Å²) in [5, 5.41) is 2.72. The normalized spacial score (nSPS) is 15.7. The summed E-state index contributed by atoms with van der Waals surface area (Å²) in [5.74, 6) is 0. The van der Waals surface area contributed by atoms with Crippen LogP contribution in [0.4, 0.5) is 0 Å². The van der Waals surface area contributed by atoms with Gasteiger partial charge in [0, 0.05) is 16.2 Å². The van der Waals surface area contributed by atoms with E-state index in [1.54, 1.807) is 12.1 Å². The van der Waals surface area contributed by atoms with Crippen molar-refractivity contribution in [3.8, 4) is 22.3 Å². The van der Waals surface area contributed by atoms with Crippen LogP contribution in [0.3, 0.4) is 0 Å². The molecule has 9 aromatic rings. The van der Waals surface area contributed by atoms with E-state index in [1.165, 1.54) is 0 Å². The van der Waals surface area contributed by atoms with Crippen molar-refractivity contribution in [2.75, 3.05) is 0 Å². The summed E-state index contributed by atoms with van der Waals surface area (Å²) in [6, 6.07) is 19.6. The Labute approximate surface area is 252 Å². The van der Waals surface area contributed by atoms with Gasteiger partial charge in [0.05, 0.1) is 15.1 Å². The van der Waals surface area contributed by atoms with E-state index < -0.39 is 66.5 Å². The topological polar surface area (TPSA) is 13.1 Å². The predicted octanol–water partition coefficient (Wildman–Crippen LogP) is 11.5. The molecule has 1 heteroatoms. The molecule has 0 N–H and O–H groups in total. The van der Waals surface area contributed by atoms with Crippen molar-refractivity contribution in [1.82, 2.24) is 0 Å². The van der Waals surface area contributed by atoms with Gasteiger partial charge in [-0.25, -0.2) is 0 Å². The summed E-state index contributed by atoms with van der Waals surface area (Å²) in [7, 11) is 0. The maximum atomic E-state index is 9.39. The average Bonchev–Trinajstić information content (AvgIpc) is 3.54. The van der Waals surface area contributed by atoms with E-state index in [-0.39, 0.29) is 37.9 Å². The number of fused-ring (bicyclic) bond motifs is 9. The minimum absolute atomic E-state index is 0.0213. The molecule has 190 valence electrons. The molecule has 0 bridgehead atoms. The molecule has 0 fully saturated rings. The van der Waals surface area contributed by atoms with Crippen molar-refractivity contribution in [3.05, 3.63) is 145 Å². The van der Waals surface area contributed by atoms with Gasteiger partial charge in [0.1, 0.15) is 11.2 Å². The average molecular weight is 532 g/mol. The van der Waals surface area contributed by atoms with Crippen molar-refractivity contribution in [2.24, 2.45) is 0 Å². The quantitative estimate of drug-likeness (QED) is 0.160. The van der Waals surface area contributed by atoms with Crippen molar-refractivity contribution < 1.29 is 19.5 Å². The lowest BCUT2D eigenvalue weighted by atomic mass is 9.89. The van der Waals surface area contributed by atoms with Gasteiger partial charge in [0.25, 0.3) is 0 Å². The standard InChI is InChI=1S/C40H24O/c1-2-9-25(10-3-1)31-16-8-13-27-18-22-37-40(39(27)31)35-24-29(19-21-36(35)41-37)38-32-15-7-5-12-28(32)23-34-30-14-6-4-11-26(30)17-20-33(34)38/h1-24H/i4D,5D,6D,7D,11D,12D,14D,15D,17D,20D,23D. The fraction of sp³-hybridized carbons (Fsp3) is 0. The van der Waals surface area contributed by atoms with Crippen LogP contribution in [0.5, 0.6) is 0 Å². The third kappa shape index (κ3) is 3.30. The summed E-state index contributed by atoms with van der Waals surface area (Å²) in [6.45, 7) is 0. The Kier molecular flexibility index (Phi) is 2.98. The van der Waals surface area contributed by atoms with E-state index >= 15 is 0 Å². The maximum absolute atomic E-state index is 9.39. The highest BCUT2D eigenvalue weighted by Crippen LogP contribution is 2.44. The summed E-state index contributed by atoms with van der Waals surface area (Å²) >= 11 is 0. The Morgan fingerprint density at radius 2 is 1.27 bits per heavy atom. The van der Waals surface area contributed by atoms with Gasteiger partial charge < -0.3 is 4.42 Å². The zero-order valence-corrected chi connectivity index (χ0v) is 21.4. The Morgan fingerprint density at radius 1 is 0.463 bits per heavy atom. The fourth-order valence-electron chi connectivity index (χ4n) is 6.01. The molecule has 0 aliphatic heterocycles. The first-order valence-electron chi connectivity index (χ1n) is 18.7. The molecular weight excluding hydrogens is 496 g/mol. The van der Waals surface area contributed by atoms with Crippen LogP contribution < -0.4 is 0 Å². The van der Waals surface area contributed by atoms with Crippen LogP contribution in [0.1, 0.15) is 15.1 Å². The first-order chi connectivity index (χ1) is 24.9.